The van der Waals surface area contributed by atoms with Gasteiger partial charge < -0.3 is 24.3 Å². The predicted octanol–water partition coefficient (Wildman–Crippen LogP) is 0.605. The van der Waals surface area contributed by atoms with Crippen LogP contribution < -0.4 is 0 Å². The van der Waals surface area contributed by atoms with Crippen LogP contribution in [0, 0.1) is 0 Å². The van der Waals surface area contributed by atoms with E-state index in [-0.39, 0.29) is 45.2 Å². The van der Waals surface area contributed by atoms with Crippen LogP contribution in [0.15, 0.2) is 28.9 Å². The highest BCUT2D eigenvalue weighted by molar-refractivity contribution is 5.91. The van der Waals surface area contributed by atoms with Gasteiger partial charge in [0.15, 0.2) is 0 Å². The number of carbonyl (C=O) groups is 2. The van der Waals surface area contributed by atoms with Crippen LogP contribution in [0.1, 0.15) is 12.2 Å². The summed E-state index contributed by atoms with van der Waals surface area (Å²) < 4.78 is 10.2. The molecule has 1 aromatic rings. The molecule has 0 aliphatic carbocycles. The fourth-order valence-electron chi connectivity index (χ4n) is 1.55. The van der Waals surface area contributed by atoms with E-state index in [4.69, 9.17) is 19.4 Å². The van der Waals surface area contributed by atoms with Crippen LogP contribution in [0.5, 0.6) is 0 Å². The first kappa shape index (κ1) is 16.9. The molecule has 0 saturated carbocycles. The van der Waals surface area contributed by atoms with Gasteiger partial charge in [0.25, 0.3) is 0 Å². The second-order valence-corrected chi connectivity index (χ2v) is 4.15. The van der Waals surface area contributed by atoms with Crippen molar-refractivity contribution in [3.63, 3.8) is 0 Å². The lowest BCUT2D eigenvalue weighted by atomic mass is 10.3. The number of amides is 1. The molecule has 116 valence electrons. The topological polar surface area (TPSA) is 100 Å². The third-order valence-corrected chi connectivity index (χ3v) is 2.58. The Morgan fingerprint density at radius 1 is 1.33 bits per heavy atom. The molecule has 1 heterocycles. The number of hydrogen-bond acceptors (Lipinski definition) is 5. The Kier molecular flexibility index (Phi) is 7.85. The van der Waals surface area contributed by atoms with Crippen molar-refractivity contribution in [2.75, 3.05) is 32.9 Å². The van der Waals surface area contributed by atoms with Crippen LogP contribution in [0.25, 0.3) is 6.08 Å². The van der Waals surface area contributed by atoms with E-state index in [1.807, 2.05) is 0 Å². The molecular weight excluding hydrogens is 278 g/mol. The minimum Gasteiger partial charge on any atom is -0.481 e. The molecule has 0 spiro atoms. The monoisotopic (exact) mass is 297 g/mol. The molecule has 0 aliphatic heterocycles. The summed E-state index contributed by atoms with van der Waals surface area (Å²) in [4.78, 5) is 24.0. The lowest BCUT2D eigenvalue weighted by Gasteiger charge is -2.20. The third kappa shape index (κ3) is 7.28. The van der Waals surface area contributed by atoms with Crippen molar-refractivity contribution in [2.45, 2.75) is 6.42 Å². The average Bonchev–Trinajstić information content (AvgIpc) is 2.97. The number of hydrogen-bond donors (Lipinski definition) is 2. The molecule has 0 bridgehead atoms. The number of carboxylic acid groups (broad SMARTS) is 1. The lowest BCUT2D eigenvalue weighted by Crippen LogP contribution is -2.34. The van der Waals surface area contributed by atoms with Gasteiger partial charge in [0.1, 0.15) is 5.76 Å². The molecule has 1 amide bonds. The van der Waals surface area contributed by atoms with Crippen molar-refractivity contribution in [1.82, 2.24) is 4.90 Å². The van der Waals surface area contributed by atoms with Crippen LogP contribution in [0.2, 0.25) is 0 Å². The van der Waals surface area contributed by atoms with E-state index in [0.29, 0.717) is 5.76 Å². The average molecular weight is 297 g/mol. The number of aliphatic hydroxyl groups is 1. The zero-order chi connectivity index (χ0) is 15.5. The van der Waals surface area contributed by atoms with Crippen LogP contribution in [-0.4, -0.2) is 59.9 Å². The highest BCUT2D eigenvalue weighted by Gasteiger charge is 2.12. The molecular formula is C14H19NO6. The third-order valence-electron chi connectivity index (χ3n) is 2.58. The maximum Gasteiger partial charge on any atom is 0.305 e. The number of carbonyl (C=O) groups excluding carboxylic acids is 1. The van der Waals surface area contributed by atoms with Gasteiger partial charge in [-0.1, -0.05) is 0 Å². The first-order valence-electron chi connectivity index (χ1n) is 6.54. The summed E-state index contributed by atoms with van der Waals surface area (Å²) in [6, 6.07) is 3.41. The van der Waals surface area contributed by atoms with Gasteiger partial charge in [-0.3, -0.25) is 9.59 Å². The van der Waals surface area contributed by atoms with Crippen LogP contribution in [-0.2, 0) is 14.3 Å². The molecule has 7 nitrogen and oxygen atoms in total. The first-order chi connectivity index (χ1) is 10.1. The van der Waals surface area contributed by atoms with E-state index in [0.717, 1.165) is 0 Å². The first-order valence-corrected chi connectivity index (χ1v) is 6.54. The Bertz CT molecular complexity index is 454. The van der Waals surface area contributed by atoms with E-state index < -0.39 is 5.97 Å². The molecule has 0 radical (unpaired) electrons. The Morgan fingerprint density at radius 2 is 2.14 bits per heavy atom. The van der Waals surface area contributed by atoms with Gasteiger partial charge in [-0.25, -0.2) is 0 Å². The van der Waals surface area contributed by atoms with E-state index in [2.05, 4.69) is 0 Å². The van der Waals surface area contributed by atoms with E-state index in [1.54, 1.807) is 12.1 Å². The molecule has 0 fully saturated rings. The van der Waals surface area contributed by atoms with Gasteiger partial charge in [0.05, 0.1) is 32.5 Å². The van der Waals surface area contributed by atoms with Gasteiger partial charge in [0.2, 0.25) is 5.91 Å². The lowest BCUT2D eigenvalue weighted by molar-refractivity contribution is -0.138. The van der Waals surface area contributed by atoms with Gasteiger partial charge in [-0.05, 0) is 18.2 Å². The van der Waals surface area contributed by atoms with Crippen molar-refractivity contribution in [3.05, 3.63) is 30.2 Å². The standard InChI is InChI=1S/C14H19NO6/c16-8-11-20-10-7-15(6-5-14(18)19)13(17)4-3-12-2-1-9-21-12/h1-4,9,16H,5-8,10-11H2,(H,18,19)/b4-3+. The van der Waals surface area contributed by atoms with Crippen molar-refractivity contribution in [3.8, 4) is 0 Å². The quantitative estimate of drug-likeness (QED) is 0.484. The van der Waals surface area contributed by atoms with Crippen LogP contribution in [0.4, 0.5) is 0 Å². The number of ether oxygens (including phenoxy) is 1. The van der Waals surface area contributed by atoms with Crippen LogP contribution in [0.3, 0.4) is 0 Å². The number of rotatable bonds is 10. The van der Waals surface area contributed by atoms with Crippen molar-refractivity contribution in [2.24, 2.45) is 0 Å². The fourth-order valence-corrected chi connectivity index (χ4v) is 1.55. The van der Waals surface area contributed by atoms with E-state index >= 15 is 0 Å². The van der Waals surface area contributed by atoms with Gasteiger partial charge in [-0.2, -0.15) is 0 Å². The number of aliphatic hydroxyl groups excluding tert-OH is 1. The largest absolute Gasteiger partial charge is 0.481 e. The van der Waals surface area contributed by atoms with Crippen molar-refractivity contribution in [1.29, 1.82) is 0 Å². The number of carboxylic acids is 1. The molecule has 0 unspecified atom stereocenters. The van der Waals surface area contributed by atoms with Gasteiger partial charge in [-0.15, -0.1) is 0 Å². The zero-order valence-corrected chi connectivity index (χ0v) is 11.6. The fraction of sp³-hybridized carbons (Fsp3) is 0.429. The molecule has 0 aromatic carbocycles. The summed E-state index contributed by atoms with van der Waals surface area (Å²) in [7, 11) is 0. The number of nitrogens with zero attached hydrogens (tertiary/aromatic N) is 1. The van der Waals surface area contributed by atoms with E-state index in [1.165, 1.54) is 23.3 Å². The maximum absolute atomic E-state index is 12.0. The molecule has 7 heteroatoms. The maximum atomic E-state index is 12.0. The Balaban J connectivity index is 2.52. The smallest absolute Gasteiger partial charge is 0.305 e. The minimum atomic E-state index is -0.973. The summed E-state index contributed by atoms with van der Waals surface area (Å²) >= 11 is 0. The van der Waals surface area contributed by atoms with Crippen LogP contribution >= 0.6 is 0 Å². The molecule has 1 rings (SSSR count). The molecule has 2 N–H and O–H groups in total. The Morgan fingerprint density at radius 3 is 2.76 bits per heavy atom. The summed E-state index contributed by atoms with van der Waals surface area (Å²) in [6.45, 7) is 0.679. The molecule has 0 atom stereocenters. The SMILES string of the molecule is O=C(O)CCN(CCOCCO)C(=O)/C=C/c1ccco1. The zero-order valence-electron chi connectivity index (χ0n) is 11.6. The van der Waals surface area contributed by atoms with Gasteiger partial charge in [0, 0.05) is 19.2 Å². The summed E-state index contributed by atoms with van der Waals surface area (Å²) in [6.07, 6.45) is 4.20. The second-order valence-electron chi connectivity index (χ2n) is 4.15. The second kappa shape index (κ2) is 9.73. The van der Waals surface area contributed by atoms with Gasteiger partial charge >= 0.3 is 5.97 Å². The Labute approximate surface area is 122 Å². The number of aliphatic carboxylic acids is 1. The summed E-state index contributed by atoms with van der Waals surface area (Å²) in [5.41, 5.74) is 0. The van der Waals surface area contributed by atoms with Crippen molar-refractivity contribution < 1.29 is 29.0 Å². The molecule has 21 heavy (non-hydrogen) atoms. The Hall–Kier alpha value is -2.12. The van der Waals surface area contributed by atoms with Crippen molar-refractivity contribution >= 4 is 18.0 Å². The summed E-state index contributed by atoms with van der Waals surface area (Å²) in [5, 5.41) is 17.3. The predicted molar refractivity (Wildman–Crippen MR) is 74.5 cm³/mol. The molecule has 0 aliphatic rings. The highest BCUT2D eigenvalue weighted by atomic mass is 16.5. The summed E-state index contributed by atoms with van der Waals surface area (Å²) in [5.74, 6) is -0.752. The highest BCUT2D eigenvalue weighted by Crippen LogP contribution is 2.04. The molecule has 0 saturated heterocycles. The van der Waals surface area contributed by atoms with E-state index in [9.17, 15) is 9.59 Å². The molecule has 1 aromatic heterocycles. The number of furan rings is 1. The normalized spacial score (nSPS) is 10.9. The minimum absolute atomic E-state index is 0.0958.